The van der Waals surface area contributed by atoms with Crippen molar-refractivity contribution in [3.8, 4) is 0 Å². The molecule has 1 aromatic heterocycles. The van der Waals surface area contributed by atoms with E-state index >= 15 is 0 Å². The fraction of sp³-hybridized carbons (Fsp3) is 0.292. The van der Waals surface area contributed by atoms with Crippen LogP contribution in [0.4, 0.5) is 0 Å². The van der Waals surface area contributed by atoms with Crippen LogP contribution in [0, 0.1) is 12.8 Å². The van der Waals surface area contributed by atoms with Gasteiger partial charge in [0.05, 0.1) is 12.2 Å². The standard InChI is InChI=1S/C24H26O3/c1-16(2)23(24(25)26)21-13-19(12-18-8-5-4-6-9-18)17(3)20(14-21)15-22-10-7-11-27-22/h4-11,13-14,16,23H,12,15H2,1-3H3,(H,25,26). The average molecular weight is 362 g/mol. The Labute approximate surface area is 160 Å². The van der Waals surface area contributed by atoms with Crippen LogP contribution in [0.5, 0.6) is 0 Å². The van der Waals surface area contributed by atoms with Gasteiger partial charge in [-0.3, -0.25) is 4.79 Å². The van der Waals surface area contributed by atoms with Crippen LogP contribution in [0.2, 0.25) is 0 Å². The molecule has 1 atom stereocenters. The molecular formula is C24H26O3. The SMILES string of the molecule is Cc1c(Cc2ccccc2)cc(C(C(=O)O)C(C)C)cc1Cc1ccco1. The lowest BCUT2D eigenvalue weighted by molar-refractivity contribution is -0.139. The van der Waals surface area contributed by atoms with E-state index < -0.39 is 11.9 Å². The second-order valence-corrected chi connectivity index (χ2v) is 7.44. The zero-order valence-electron chi connectivity index (χ0n) is 16.1. The molecule has 2 aromatic carbocycles. The number of furan rings is 1. The molecule has 0 aliphatic heterocycles. The first-order valence-electron chi connectivity index (χ1n) is 9.37. The molecule has 0 saturated carbocycles. The quantitative estimate of drug-likeness (QED) is 0.596. The monoisotopic (exact) mass is 362 g/mol. The molecule has 1 N–H and O–H groups in total. The van der Waals surface area contributed by atoms with Crippen LogP contribution in [0.3, 0.4) is 0 Å². The first-order chi connectivity index (χ1) is 13.0. The summed E-state index contributed by atoms with van der Waals surface area (Å²) in [5.41, 5.74) is 5.59. The van der Waals surface area contributed by atoms with Gasteiger partial charge in [-0.1, -0.05) is 56.3 Å². The molecule has 3 aromatic rings. The van der Waals surface area contributed by atoms with Crippen molar-refractivity contribution in [2.45, 2.75) is 39.5 Å². The third-order valence-corrected chi connectivity index (χ3v) is 5.12. The molecule has 0 bridgehead atoms. The molecule has 0 aliphatic carbocycles. The first kappa shape index (κ1) is 19.0. The van der Waals surface area contributed by atoms with Gasteiger partial charge < -0.3 is 9.52 Å². The minimum Gasteiger partial charge on any atom is -0.481 e. The van der Waals surface area contributed by atoms with Gasteiger partial charge in [-0.25, -0.2) is 0 Å². The highest BCUT2D eigenvalue weighted by Gasteiger charge is 2.25. The van der Waals surface area contributed by atoms with Crippen molar-refractivity contribution < 1.29 is 14.3 Å². The highest BCUT2D eigenvalue weighted by molar-refractivity contribution is 5.76. The number of carboxylic acids is 1. The Morgan fingerprint density at radius 3 is 2.22 bits per heavy atom. The molecule has 3 rings (SSSR count). The van der Waals surface area contributed by atoms with Gasteiger partial charge in [0.15, 0.2) is 0 Å². The first-order valence-corrected chi connectivity index (χ1v) is 9.37. The van der Waals surface area contributed by atoms with E-state index in [1.165, 1.54) is 16.7 Å². The lowest BCUT2D eigenvalue weighted by Gasteiger charge is -2.21. The minimum atomic E-state index is -0.775. The van der Waals surface area contributed by atoms with Crippen molar-refractivity contribution in [1.82, 2.24) is 0 Å². The summed E-state index contributed by atoms with van der Waals surface area (Å²) in [6, 6.07) is 18.3. The van der Waals surface area contributed by atoms with Crippen LogP contribution in [0.15, 0.2) is 65.3 Å². The van der Waals surface area contributed by atoms with E-state index in [4.69, 9.17) is 4.42 Å². The molecular weight excluding hydrogens is 336 g/mol. The Balaban J connectivity index is 2.07. The van der Waals surface area contributed by atoms with Gasteiger partial charge >= 0.3 is 5.97 Å². The lowest BCUT2D eigenvalue weighted by Crippen LogP contribution is -2.18. The average Bonchev–Trinajstić information content (AvgIpc) is 3.12. The molecule has 140 valence electrons. The highest BCUT2D eigenvalue weighted by Crippen LogP contribution is 2.31. The minimum absolute atomic E-state index is 0.0197. The molecule has 0 spiro atoms. The van der Waals surface area contributed by atoms with Crippen molar-refractivity contribution in [3.63, 3.8) is 0 Å². The second kappa shape index (κ2) is 8.26. The van der Waals surface area contributed by atoms with Crippen LogP contribution in [0.25, 0.3) is 0 Å². The zero-order valence-corrected chi connectivity index (χ0v) is 16.1. The lowest BCUT2D eigenvalue weighted by atomic mass is 9.83. The summed E-state index contributed by atoms with van der Waals surface area (Å²) in [6.45, 7) is 6.04. The van der Waals surface area contributed by atoms with Gasteiger partial charge in [-0.15, -0.1) is 0 Å². The number of rotatable bonds is 7. The predicted molar refractivity (Wildman–Crippen MR) is 107 cm³/mol. The molecule has 0 aliphatic rings. The van der Waals surface area contributed by atoms with Crippen LogP contribution < -0.4 is 0 Å². The number of hydrogen-bond donors (Lipinski definition) is 1. The number of carbonyl (C=O) groups is 1. The fourth-order valence-corrected chi connectivity index (χ4v) is 3.64. The van der Waals surface area contributed by atoms with Crippen molar-refractivity contribution in [2.24, 2.45) is 5.92 Å². The molecule has 1 unspecified atom stereocenters. The van der Waals surface area contributed by atoms with Gasteiger partial charge in [-0.05, 0) is 59.2 Å². The summed E-state index contributed by atoms with van der Waals surface area (Å²) in [5.74, 6) is -0.387. The van der Waals surface area contributed by atoms with Gasteiger partial charge in [0, 0.05) is 6.42 Å². The molecule has 27 heavy (non-hydrogen) atoms. The van der Waals surface area contributed by atoms with E-state index in [0.29, 0.717) is 6.42 Å². The largest absolute Gasteiger partial charge is 0.481 e. The van der Waals surface area contributed by atoms with Crippen LogP contribution in [-0.4, -0.2) is 11.1 Å². The maximum Gasteiger partial charge on any atom is 0.311 e. The summed E-state index contributed by atoms with van der Waals surface area (Å²) < 4.78 is 5.53. The number of hydrogen-bond acceptors (Lipinski definition) is 2. The summed E-state index contributed by atoms with van der Waals surface area (Å²) in [5, 5.41) is 9.78. The van der Waals surface area contributed by atoms with Crippen LogP contribution >= 0.6 is 0 Å². The molecule has 3 heteroatoms. The van der Waals surface area contributed by atoms with Gasteiger partial charge in [-0.2, -0.15) is 0 Å². The van der Waals surface area contributed by atoms with Gasteiger partial charge in [0.2, 0.25) is 0 Å². The number of carboxylic acid groups (broad SMARTS) is 1. The number of benzene rings is 2. The predicted octanol–water partition coefficient (Wildman–Crippen LogP) is 5.59. The van der Waals surface area contributed by atoms with Gasteiger partial charge in [0.25, 0.3) is 0 Å². The fourth-order valence-electron chi connectivity index (χ4n) is 3.64. The van der Waals surface area contributed by atoms with E-state index in [1.54, 1.807) is 6.26 Å². The Morgan fingerprint density at radius 2 is 1.67 bits per heavy atom. The van der Waals surface area contributed by atoms with E-state index in [2.05, 4.69) is 25.1 Å². The van der Waals surface area contributed by atoms with E-state index in [0.717, 1.165) is 23.3 Å². The summed E-state index contributed by atoms with van der Waals surface area (Å²) in [7, 11) is 0. The Bertz CT molecular complexity index is 893. The smallest absolute Gasteiger partial charge is 0.311 e. The molecule has 0 fully saturated rings. The molecule has 0 saturated heterocycles. The zero-order chi connectivity index (χ0) is 19.4. The molecule has 3 nitrogen and oxygen atoms in total. The summed E-state index contributed by atoms with van der Waals surface area (Å²) in [6.07, 6.45) is 3.13. The van der Waals surface area contributed by atoms with Crippen molar-refractivity contribution in [1.29, 1.82) is 0 Å². The van der Waals surface area contributed by atoms with Crippen LogP contribution in [-0.2, 0) is 17.6 Å². The normalized spacial score (nSPS) is 12.3. The second-order valence-electron chi connectivity index (χ2n) is 7.44. The maximum atomic E-state index is 11.9. The topological polar surface area (TPSA) is 50.4 Å². The van der Waals surface area contributed by atoms with E-state index in [-0.39, 0.29) is 5.92 Å². The van der Waals surface area contributed by atoms with E-state index in [1.807, 2.05) is 50.2 Å². The number of aliphatic carboxylic acids is 1. The Morgan fingerprint density at radius 1 is 1.00 bits per heavy atom. The van der Waals surface area contributed by atoms with Crippen molar-refractivity contribution >= 4 is 5.97 Å². The Kier molecular flexibility index (Phi) is 5.80. The van der Waals surface area contributed by atoms with Crippen molar-refractivity contribution in [3.05, 3.63) is 94.4 Å². The van der Waals surface area contributed by atoms with E-state index in [9.17, 15) is 9.90 Å². The molecule has 1 heterocycles. The molecule has 0 radical (unpaired) electrons. The highest BCUT2D eigenvalue weighted by atomic mass is 16.4. The summed E-state index contributed by atoms with van der Waals surface area (Å²) >= 11 is 0. The molecule has 0 amide bonds. The third-order valence-electron chi connectivity index (χ3n) is 5.12. The maximum absolute atomic E-state index is 11.9. The van der Waals surface area contributed by atoms with Crippen molar-refractivity contribution in [2.75, 3.05) is 0 Å². The van der Waals surface area contributed by atoms with Gasteiger partial charge in [0.1, 0.15) is 5.76 Å². The van der Waals surface area contributed by atoms with Crippen LogP contribution in [0.1, 0.15) is 53.3 Å². The Hall–Kier alpha value is -2.81. The third kappa shape index (κ3) is 4.48. The summed E-state index contributed by atoms with van der Waals surface area (Å²) in [4.78, 5) is 11.9.